The summed E-state index contributed by atoms with van der Waals surface area (Å²) in [5, 5.41) is 13.0. The van der Waals surface area contributed by atoms with Crippen LogP contribution in [0, 0.1) is 0 Å². The normalized spacial score (nSPS) is 10.7. The summed E-state index contributed by atoms with van der Waals surface area (Å²) in [4.78, 5) is 0. The minimum Gasteiger partial charge on any atom is -0.358 e. The van der Waals surface area contributed by atoms with Crippen LogP contribution in [0.25, 0.3) is 16.9 Å². The molecule has 2 aromatic carbocycles. The van der Waals surface area contributed by atoms with E-state index < -0.39 is 0 Å². The van der Waals surface area contributed by atoms with Gasteiger partial charge in [0.25, 0.3) is 0 Å². The number of thiocarbonyl (C=S) groups is 1. The summed E-state index contributed by atoms with van der Waals surface area (Å²) in [5.41, 5.74) is 6.34. The van der Waals surface area contributed by atoms with Crippen molar-refractivity contribution in [3.8, 4) is 16.9 Å². The van der Waals surface area contributed by atoms with E-state index in [9.17, 15) is 0 Å². The first kappa shape index (κ1) is 18.8. The molecule has 1 heterocycles. The quantitative estimate of drug-likeness (QED) is 0.284. The Morgan fingerprint density at radius 3 is 2.63 bits per heavy atom. The average Bonchev–Trinajstić information content (AvgIpc) is 3.12. The van der Waals surface area contributed by atoms with Crippen LogP contribution in [0.3, 0.4) is 0 Å². The second-order valence-corrected chi connectivity index (χ2v) is 6.43. The van der Waals surface area contributed by atoms with Gasteiger partial charge in [0, 0.05) is 28.9 Å². The Hall–Kier alpha value is -2.96. The topological polar surface area (TPSA) is 54.2 Å². The van der Waals surface area contributed by atoms with Gasteiger partial charge < -0.3 is 5.32 Å². The highest BCUT2D eigenvalue weighted by molar-refractivity contribution is 7.80. The van der Waals surface area contributed by atoms with Gasteiger partial charge in [-0.15, -0.1) is 6.58 Å². The minimum absolute atomic E-state index is 0.426. The lowest BCUT2D eigenvalue weighted by atomic mass is 10.1. The van der Waals surface area contributed by atoms with Crippen LogP contribution < -0.4 is 10.7 Å². The highest BCUT2D eigenvalue weighted by Gasteiger charge is 2.11. The van der Waals surface area contributed by atoms with Crippen LogP contribution in [-0.4, -0.2) is 27.7 Å². The lowest BCUT2D eigenvalue weighted by Gasteiger charge is -2.03. The zero-order chi connectivity index (χ0) is 19.1. The van der Waals surface area contributed by atoms with Crippen LogP contribution in [-0.2, 0) is 0 Å². The van der Waals surface area contributed by atoms with Crippen molar-refractivity contribution < 1.29 is 0 Å². The molecule has 0 atom stereocenters. The number of nitrogens with one attached hydrogen (secondary N) is 2. The summed E-state index contributed by atoms with van der Waals surface area (Å²) in [6.07, 6.45) is 5.34. The second-order valence-electron chi connectivity index (χ2n) is 5.59. The molecule has 0 aliphatic rings. The molecule has 1 aromatic heterocycles. The molecule has 0 saturated heterocycles. The predicted octanol–water partition coefficient (Wildman–Crippen LogP) is 4.18. The van der Waals surface area contributed by atoms with Gasteiger partial charge in [0.1, 0.15) is 5.69 Å². The largest absolute Gasteiger partial charge is 0.358 e. The highest BCUT2D eigenvalue weighted by atomic mass is 35.5. The fraction of sp³-hybridized carbons (Fsp3) is 0.0500. The Morgan fingerprint density at radius 1 is 1.19 bits per heavy atom. The highest BCUT2D eigenvalue weighted by Crippen LogP contribution is 2.24. The van der Waals surface area contributed by atoms with Crippen molar-refractivity contribution in [3.63, 3.8) is 0 Å². The fourth-order valence-corrected chi connectivity index (χ4v) is 2.65. The molecule has 0 saturated carbocycles. The van der Waals surface area contributed by atoms with Crippen molar-refractivity contribution >= 4 is 35.1 Å². The van der Waals surface area contributed by atoms with Gasteiger partial charge in [0.15, 0.2) is 5.11 Å². The number of hydrogen-bond acceptors (Lipinski definition) is 3. The van der Waals surface area contributed by atoms with Crippen molar-refractivity contribution in [1.82, 2.24) is 20.5 Å². The summed E-state index contributed by atoms with van der Waals surface area (Å²) in [7, 11) is 0. The van der Waals surface area contributed by atoms with Crippen LogP contribution in [0.5, 0.6) is 0 Å². The van der Waals surface area contributed by atoms with Crippen molar-refractivity contribution in [2.75, 3.05) is 6.54 Å². The lowest BCUT2D eigenvalue weighted by Crippen LogP contribution is -2.31. The molecule has 0 radical (unpaired) electrons. The van der Waals surface area contributed by atoms with E-state index in [0.717, 1.165) is 22.5 Å². The third kappa shape index (κ3) is 5.03. The first-order valence-corrected chi connectivity index (χ1v) is 9.05. The van der Waals surface area contributed by atoms with E-state index >= 15 is 0 Å². The molecule has 7 heteroatoms. The smallest absolute Gasteiger partial charge is 0.187 e. The Kier molecular flexibility index (Phi) is 6.35. The van der Waals surface area contributed by atoms with Crippen LogP contribution in [0.2, 0.25) is 5.02 Å². The number of benzene rings is 2. The zero-order valence-corrected chi connectivity index (χ0v) is 16.0. The molecular formula is C20H18ClN5S. The first-order chi connectivity index (χ1) is 13.2. The fourth-order valence-electron chi connectivity index (χ4n) is 2.39. The Balaban J connectivity index is 1.90. The maximum absolute atomic E-state index is 6.01. The number of para-hydroxylation sites is 1. The molecule has 0 spiro atoms. The summed E-state index contributed by atoms with van der Waals surface area (Å²) in [6.45, 7) is 4.21. The summed E-state index contributed by atoms with van der Waals surface area (Å²) >= 11 is 11.1. The van der Waals surface area contributed by atoms with Gasteiger partial charge in [-0.3, -0.25) is 5.43 Å². The molecule has 27 heavy (non-hydrogen) atoms. The van der Waals surface area contributed by atoms with Crippen molar-refractivity contribution in [2.24, 2.45) is 5.10 Å². The van der Waals surface area contributed by atoms with Crippen LogP contribution in [0.15, 0.2) is 78.6 Å². The third-order valence-electron chi connectivity index (χ3n) is 3.66. The number of halogens is 1. The number of rotatable bonds is 6. The molecule has 136 valence electrons. The maximum atomic E-state index is 6.01. The monoisotopic (exact) mass is 395 g/mol. The van der Waals surface area contributed by atoms with Gasteiger partial charge in [-0.2, -0.15) is 10.2 Å². The minimum atomic E-state index is 0.426. The molecule has 0 unspecified atom stereocenters. The molecule has 0 amide bonds. The summed E-state index contributed by atoms with van der Waals surface area (Å²) in [5.74, 6) is 0. The molecule has 0 bridgehead atoms. The molecule has 0 fully saturated rings. The maximum Gasteiger partial charge on any atom is 0.187 e. The second kappa shape index (κ2) is 9.12. The van der Waals surface area contributed by atoms with Gasteiger partial charge in [-0.1, -0.05) is 48.0 Å². The van der Waals surface area contributed by atoms with Crippen LogP contribution >= 0.6 is 23.8 Å². The van der Waals surface area contributed by atoms with E-state index in [1.807, 2.05) is 65.5 Å². The average molecular weight is 396 g/mol. The molecule has 0 aliphatic heterocycles. The van der Waals surface area contributed by atoms with Gasteiger partial charge in [0.2, 0.25) is 0 Å². The molecule has 5 nitrogen and oxygen atoms in total. The van der Waals surface area contributed by atoms with E-state index in [1.54, 1.807) is 12.3 Å². The van der Waals surface area contributed by atoms with E-state index in [2.05, 4.69) is 22.4 Å². The molecule has 3 aromatic rings. The third-order valence-corrected chi connectivity index (χ3v) is 4.15. The standard InChI is InChI=1S/C20H18ClN5S/c1-2-12-22-20(27)24-23-13-16-14-26(18-6-4-3-5-7-18)25-19(16)15-8-10-17(21)11-9-15/h2-11,13-14H,1,12H2,(H2,22,24,27)/b23-13-. The molecular weight excluding hydrogens is 378 g/mol. The number of nitrogens with zero attached hydrogens (tertiary/aromatic N) is 3. The van der Waals surface area contributed by atoms with Crippen molar-refractivity contribution in [1.29, 1.82) is 0 Å². The Labute approximate surface area is 168 Å². The number of aromatic nitrogens is 2. The molecule has 2 N–H and O–H groups in total. The van der Waals surface area contributed by atoms with Gasteiger partial charge >= 0.3 is 0 Å². The van der Waals surface area contributed by atoms with E-state index in [-0.39, 0.29) is 0 Å². The van der Waals surface area contributed by atoms with E-state index in [4.69, 9.17) is 28.9 Å². The first-order valence-electron chi connectivity index (χ1n) is 8.26. The summed E-state index contributed by atoms with van der Waals surface area (Å²) < 4.78 is 1.82. The number of hydrazone groups is 1. The van der Waals surface area contributed by atoms with E-state index in [0.29, 0.717) is 16.7 Å². The van der Waals surface area contributed by atoms with E-state index in [1.165, 1.54) is 0 Å². The predicted molar refractivity (Wildman–Crippen MR) is 116 cm³/mol. The SMILES string of the molecule is C=CCNC(=S)N/N=C\c1cn(-c2ccccc2)nc1-c1ccc(Cl)cc1. The van der Waals surface area contributed by atoms with Gasteiger partial charge in [0.05, 0.1) is 11.9 Å². The number of hydrogen-bond donors (Lipinski definition) is 2. The van der Waals surface area contributed by atoms with Gasteiger partial charge in [-0.05, 0) is 36.5 Å². The molecule has 3 rings (SSSR count). The zero-order valence-electron chi connectivity index (χ0n) is 14.5. The van der Waals surface area contributed by atoms with Crippen LogP contribution in [0.1, 0.15) is 5.56 Å². The van der Waals surface area contributed by atoms with Crippen molar-refractivity contribution in [3.05, 3.63) is 84.0 Å². The van der Waals surface area contributed by atoms with Crippen molar-refractivity contribution in [2.45, 2.75) is 0 Å². The molecule has 0 aliphatic carbocycles. The Morgan fingerprint density at radius 2 is 1.93 bits per heavy atom. The van der Waals surface area contributed by atoms with Crippen LogP contribution in [0.4, 0.5) is 0 Å². The lowest BCUT2D eigenvalue weighted by molar-refractivity contribution is 0.884. The summed E-state index contributed by atoms with van der Waals surface area (Å²) in [6, 6.07) is 17.4. The van der Waals surface area contributed by atoms with Gasteiger partial charge in [-0.25, -0.2) is 4.68 Å². The Bertz CT molecular complexity index is 948.